The lowest BCUT2D eigenvalue weighted by Gasteiger charge is -2.34. The maximum Gasteiger partial charge on any atom is 0.244 e. The Balaban J connectivity index is 2.07. The molecule has 1 atom stereocenters. The third-order valence-corrected chi connectivity index (χ3v) is 8.22. The number of carbonyl (C=O) groups excluding carboxylic acids is 2. The van der Waals surface area contributed by atoms with E-state index in [2.05, 4.69) is 21.2 Å². The van der Waals surface area contributed by atoms with Crippen LogP contribution in [0.4, 0.5) is 5.69 Å². The molecule has 39 heavy (non-hydrogen) atoms. The topological polar surface area (TPSA) is 86.8 Å². The van der Waals surface area contributed by atoms with Crippen LogP contribution in [-0.2, 0) is 32.6 Å². The lowest BCUT2D eigenvalue weighted by Crippen LogP contribution is -2.54. The summed E-state index contributed by atoms with van der Waals surface area (Å²) in [6.45, 7) is 5.03. The summed E-state index contributed by atoms with van der Waals surface area (Å²) in [4.78, 5) is 29.1. The van der Waals surface area contributed by atoms with Crippen molar-refractivity contribution in [1.29, 1.82) is 0 Å². The number of carbonyl (C=O) groups is 2. The van der Waals surface area contributed by atoms with E-state index in [9.17, 15) is 18.0 Å². The Morgan fingerprint density at radius 3 is 2.18 bits per heavy atom. The molecule has 0 aromatic heterocycles. The lowest BCUT2D eigenvalue weighted by atomic mass is 10.0. The molecule has 3 rings (SSSR count). The van der Waals surface area contributed by atoms with E-state index in [1.165, 1.54) is 4.90 Å². The molecule has 0 saturated heterocycles. The number of amides is 2. The fraction of sp³-hybridized carbons (Fsp3) is 0.310. The maximum atomic E-state index is 14.1. The predicted molar refractivity (Wildman–Crippen MR) is 160 cm³/mol. The Morgan fingerprint density at radius 2 is 1.59 bits per heavy atom. The van der Waals surface area contributed by atoms with Crippen molar-refractivity contribution in [2.45, 2.75) is 45.8 Å². The first-order valence-corrected chi connectivity index (χ1v) is 15.5. The van der Waals surface area contributed by atoms with Crippen molar-refractivity contribution < 1.29 is 18.0 Å². The number of benzene rings is 3. The van der Waals surface area contributed by atoms with Gasteiger partial charge in [-0.25, -0.2) is 8.42 Å². The molecular weight excluding hydrogens is 602 g/mol. The van der Waals surface area contributed by atoms with E-state index in [-0.39, 0.29) is 24.9 Å². The standard InChI is InChI=1S/C29H33BrClN3O4S/c1-20(2)32-29(36)27(17-22-9-6-5-7-10-22)33(18-23-13-15-24(30)16-14-23)28(35)19-34(39(4,37)38)26-12-8-11-25(31)21(26)3/h5-16,20,27H,17-19H2,1-4H3,(H,32,36)/t27-/m0/s1. The van der Waals surface area contributed by atoms with Gasteiger partial charge in [-0.2, -0.15) is 0 Å². The Bertz CT molecular complexity index is 1400. The van der Waals surface area contributed by atoms with Crippen molar-refractivity contribution in [2.75, 3.05) is 17.1 Å². The van der Waals surface area contributed by atoms with Crippen LogP contribution in [0.3, 0.4) is 0 Å². The van der Waals surface area contributed by atoms with Crippen molar-refractivity contribution in [3.05, 3.63) is 99.0 Å². The summed E-state index contributed by atoms with van der Waals surface area (Å²) in [6.07, 6.45) is 1.31. The van der Waals surface area contributed by atoms with Gasteiger partial charge in [-0.05, 0) is 61.7 Å². The molecule has 0 aliphatic heterocycles. The van der Waals surface area contributed by atoms with Gasteiger partial charge in [-0.3, -0.25) is 13.9 Å². The van der Waals surface area contributed by atoms with Gasteiger partial charge >= 0.3 is 0 Å². The number of hydrogen-bond donors (Lipinski definition) is 1. The van der Waals surface area contributed by atoms with E-state index in [1.54, 1.807) is 25.1 Å². The number of halogens is 2. The first-order chi connectivity index (χ1) is 18.4. The Morgan fingerprint density at radius 1 is 0.949 bits per heavy atom. The highest BCUT2D eigenvalue weighted by Gasteiger charge is 2.33. The molecule has 3 aromatic rings. The van der Waals surface area contributed by atoms with Crippen molar-refractivity contribution in [3.63, 3.8) is 0 Å². The zero-order valence-electron chi connectivity index (χ0n) is 22.4. The summed E-state index contributed by atoms with van der Waals surface area (Å²) in [5, 5.41) is 3.32. The van der Waals surface area contributed by atoms with Crippen LogP contribution in [0, 0.1) is 6.92 Å². The SMILES string of the molecule is Cc1c(Cl)cccc1N(CC(=O)N(Cc1ccc(Br)cc1)[C@@H](Cc1ccccc1)C(=O)NC(C)C)S(C)(=O)=O. The van der Waals surface area contributed by atoms with Crippen molar-refractivity contribution in [3.8, 4) is 0 Å². The Hall–Kier alpha value is -2.88. The second-order valence-corrected chi connectivity index (χ2v) is 12.9. The second kappa shape index (κ2) is 13.5. The average Bonchev–Trinajstić information content (AvgIpc) is 2.87. The summed E-state index contributed by atoms with van der Waals surface area (Å²) in [7, 11) is -3.87. The van der Waals surface area contributed by atoms with E-state index in [1.807, 2.05) is 68.4 Å². The molecule has 10 heteroatoms. The number of anilines is 1. The molecule has 0 bridgehead atoms. The van der Waals surface area contributed by atoms with Gasteiger partial charge in [-0.15, -0.1) is 0 Å². The predicted octanol–water partition coefficient (Wildman–Crippen LogP) is 5.34. The molecule has 2 amide bonds. The van der Waals surface area contributed by atoms with E-state index < -0.39 is 28.5 Å². The van der Waals surface area contributed by atoms with Crippen LogP contribution in [0.2, 0.25) is 5.02 Å². The summed E-state index contributed by atoms with van der Waals surface area (Å²) in [5.74, 6) is -0.827. The van der Waals surface area contributed by atoms with Crippen LogP contribution in [-0.4, -0.2) is 50.0 Å². The summed E-state index contributed by atoms with van der Waals surface area (Å²) in [6, 6.07) is 20.8. The molecule has 7 nitrogen and oxygen atoms in total. The van der Waals surface area contributed by atoms with E-state index in [0.29, 0.717) is 16.3 Å². The van der Waals surface area contributed by atoms with Crippen LogP contribution in [0.1, 0.15) is 30.5 Å². The van der Waals surface area contributed by atoms with Gasteiger partial charge in [0.15, 0.2) is 0 Å². The second-order valence-electron chi connectivity index (χ2n) is 9.67. The van der Waals surface area contributed by atoms with Gasteiger partial charge in [0.1, 0.15) is 12.6 Å². The molecule has 0 saturated carbocycles. The van der Waals surface area contributed by atoms with Gasteiger partial charge in [0.2, 0.25) is 21.8 Å². The highest BCUT2D eigenvalue weighted by molar-refractivity contribution is 9.10. The first-order valence-electron chi connectivity index (χ1n) is 12.5. The Labute approximate surface area is 244 Å². The molecule has 0 unspecified atom stereocenters. The number of rotatable bonds is 11. The molecule has 1 N–H and O–H groups in total. The van der Waals surface area contributed by atoms with Gasteiger partial charge in [0.05, 0.1) is 11.9 Å². The van der Waals surface area contributed by atoms with Crippen LogP contribution in [0.25, 0.3) is 0 Å². The Kier molecular flexibility index (Phi) is 10.6. The molecule has 208 valence electrons. The fourth-order valence-corrected chi connectivity index (χ4v) is 5.52. The molecule has 0 spiro atoms. The third kappa shape index (κ3) is 8.55. The summed E-state index contributed by atoms with van der Waals surface area (Å²) in [5.41, 5.74) is 2.52. The quantitative estimate of drug-likeness (QED) is 0.309. The van der Waals surface area contributed by atoms with Gasteiger partial charge in [0.25, 0.3) is 0 Å². The van der Waals surface area contributed by atoms with Crippen LogP contribution < -0.4 is 9.62 Å². The fourth-order valence-electron chi connectivity index (χ4n) is 4.18. The third-order valence-electron chi connectivity index (χ3n) is 6.16. The highest BCUT2D eigenvalue weighted by Crippen LogP contribution is 2.28. The van der Waals surface area contributed by atoms with Gasteiger partial charge in [-0.1, -0.05) is 76.1 Å². The minimum absolute atomic E-state index is 0.112. The van der Waals surface area contributed by atoms with Crippen molar-refractivity contribution in [2.24, 2.45) is 0 Å². The zero-order valence-corrected chi connectivity index (χ0v) is 25.6. The minimum Gasteiger partial charge on any atom is -0.352 e. The van der Waals surface area contributed by atoms with E-state index in [0.717, 1.165) is 26.2 Å². The number of sulfonamides is 1. The van der Waals surface area contributed by atoms with Crippen LogP contribution >= 0.6 is 27.5 Å². The average molecular weight is 635 g/mol. The van der Waals surface area contributed by atoms with Gasteiger partial charge in [0, 0.05) is 28.5 Å². The number of nitrogens with one attached hydrogen (secondary N) is 1. The molecule has 0 aliphatic rings. The van der Waals surface area contributed by atoms with Gasteiger partial charge < -0.3 is 10.2 Å². The summed E-state index contributed by atoms with van der Waals surface area (Å²) >= 11 is 9.71. The first kappa shape index (κ1) is 30.7. The van der Waals surface area contributed by atoms with Crippen molar-refractivity contribution in [1.82, 2.24) is 10.2 Å². The summed E-state index contributed by atoms with van der Waals surface area (Å²) < 4.78 is 27.8. The monoisotopic (exact) mass is 633 g/mol. The van der Waals surface area contributed by atoms with E-state index in [4.69, 9.17) is 11.6 Å². The highest BCUT2D eigenvalue weighted by atomic mass is 79.9. The normalized spacial score (nSPS) is 12.2. The van der Waals surface area contributed by atoms with Crippen molar-refractivity contribution >= 4 is 55.1 Å². The number of nitrogens with zero attached hydrogens (tertiary/aromatic N) is 2. The lowest BCUT2D eigenvalue weighted by molar-refractivity contribution is -0.140. The largest absolute Gasteiger partial charge is 0.352 e. The maximum absolute atomic E-state index is 14.1. The molecule has 0 heterocycles. The minimum atomic E-state index is -3.87. The molecule has 0 radical (unpaired) electrons. The number of hydrogen-bond acceptors (Lipinski definition) is 4. The van der Waals surface area contributed by atoms with Crippen LogP contribution in [0.5, 0.6) is 0 Å². The molecule has 0 aliphatic carbocycles. The molecule has 0 fully saturated rings. The van der Waals surface area contributed by atoms with E-state index >= 15 is 0 Å². The van der Waals surface area contributed by atoms with Crippen LogP contribution in [0.15, 0.2) is 77.3 Å². The molecular formula is C29H33BrClN3O4S. The smallest absolute Gasteiger partial charge is 0.244 e. The zero-order chi connectivity index (χ0) is 28.7. The molecule has 3 aromatic carbocycles.